The number of carbonyl (C=O) groups excluding carboxylic acids is 1. The smallest absolute Gasteiger partial charge is 0.320 e. The van der Waals surface area contributed by atoms with E-state index in [0.29, 0.717) is 0 Å². The van der Waals surface area contributed by atoms with E-state index in [1.807, 2.05) is 0 Å². The molecule has 1 aromatic rings. The van der Waals surface area contributed by atoms with E-state index in [1.54, 1.807) is 11.8 Å². The standard InChI is InChI=1S/C17H22N4O2S/c1-19-7-5-12-11(9-19)18-16(22)21(12)17-20(2)14-13(24-17)4-3-10-6-8-23-15(10)14/h3-4,11-12,17H,5-9H2,1-2H3,(H,18,22). The summed E-state index contributed by atoms with van der Waals surface area (Å²) in [6.45, 7) is 2.73. The van der Waals surface area contributed by atoms with Crippen LogP contribution in [0.15, 0.2) is 17.0 Å². The summed E-state index contributed by atoms with van der Waals surface area (Å²) >= 11 is 1.77. The summed E-state index contributed by atoms with van der Waals surface area (Å²) in [5.41, 5.74) is 2.45. The van der Waals surface area contributed by atoms with Gasteiger partial charge in [0.25, 0.3) is 0 Å². The lowest BCUT2D eigenvalue weighted by Gasteiger charge is -2.38. The van der Waals surface area contributed by atoms with Gasteiger partial charge in [-0.3, -0.25) is 4.90 Å². The molecule has 24 heavy (non-hydrogen) atoms. The van der Waals surface area contributed by atoms with Crippen LogP contribution >= 0.6 is 11.8 Å². The zero-order chi connectivity index (χ0) is 16.4. The molecule has 0 radical (unpaired) electrons. The molecule has 2 fully saturated rings. The molecule has 4 heterocycles. The molecule has 0 spiro atoms. The third-order valence-corrected chi connectivity index (χ3v) is 6.97. The van der Waals surface area contributed by atoms with Gasteiger partial charge < -0.3 is 19.9 Å². The quantitative estimate of drug-likeness (QED) is 0.836. The number of benzene rings is 1. The van der Waals surface area contributed by atoms with E-state index in [1.165, 1.54) is 10.5 Å². The summed E-state index contributed by atoms with van der Waals surface area (Å²) < 4.78 is 5.89. The minimum Gasteiger partial charge on any atom is -0.491 e. The average Bonchev–Trinajstić information content (AvgIpc) is 3.22. The lowest BCUT2D eigenvalue weighted by atomic mass is 10.0. The molecule has 4 aliphatic rings. The Labute approximate surface area is 146 Å². The number of likely N-dealkylation sites (tertiary alicyclic amines) is 1. The number of anilines is 1. The third-order valence-electron chi connectivity index (χ3n) is 5.63. The minimum atomic E-state index is 0.00843. The van der Waals surface area contributed by atoms with Crippen molar-refractivity contribution in [2.75, 3.05) is 38.7 Å². The van der Waals surface area contributed by atoms with Crippen LogP contribution in [0, 0.1) is 0 Å². The Kier molecular flexibility index (Phi) is 3.19. The predicted octanol–water partition coefficient (Wildman–Crippen LogP) is 1.54. The zero-order valence-electron chi connectivity index (χ0n) is 14.0. The largest absolute Gasteiger partial charge is 0.491 e. The van der Waals surface area contributed by atoms with Gasteiger partial charge in [-0.2, -0.15) is 0 Å². The van der Waals surface area contributed by atoms with Crippen LogP contribution in [0.3, 0.4) is 0 Å². The van der Waals surface area contributed by atoms with Gasteiger partial charge in [-0.1, -0.05) is 17.8 Å². The molecular weight excluding hydrogens is 324 g/mol. The number of likely N-dealkylation sites (N-methyl/N-ethyl adjacent to an activating group) is 1. The maximum Gasteiger partial charge on any atom is 0.320 e. The number of hydrogen-bond acceptors (Lipinski definition) is 5. The van der Waals surface area contributed by atoms with Gasteiger partial charge in [0.15, 0.2) is 5.50 Å². The van der Waals surface area contributed by atoms with Crippen molar-refractivity contribution in [3.05, 3.63) is 17.7 Å². The second kappa shape index (κ2) is 5.20. The van der Waals surface area contributed by atoms with Crippen LogP contribution in [0.1, 0.15) is 12.0 Å². The molecule has 7 heteroatoms. The van der Waals surface area contributed by atoms with Crippen LogP contribution in [0.4, 0.5) is 10.5 Å². The number of hydrogen-bond donors (Lipinski definition) is 1. The van der Waals surface area contributed by atoms with Gasteiger partial charge in [0.1, 0.15) is 5.75 Å². The Morgan fingerprint density at radius 3 is 3.08 bits per heavy atom. The fourth-order valence-corrected chi connectivity index (χ4v) is 5.77. The number of piperidine rings is 1. The summed E-state index contributed by atoms with van der Waals surface area (Å²) in [5, 5.41) is 3.19. The van der Waals surface area contributed by atoms with E-state index in [-0.39, 0.29) is 23.6 Å². The number of amides is 2. The van der Waals surface area contributed by atoms with Crippen LogP contribution in [0.25, 0.3) is 0 Å². The highest BCUT2D eigenvalue weighted by Gasteiger charge is 2.49. The fraction of sp³-hybridized carbons (Fsp3) is 0.588. The van der Waals surface area contributed by atoms with Crippen LogP contribution in [-0.4, -0.2) is 67.2 Å². The molecule has 3 unspecified atom stereocenters. The van der Waals surface area contributed by atoms with Crippen molar-refractivity contribution in [3.8, 4) is 5.75 Å². The van der Waals surface area contributed by atoms with Crippen molar-refractivity contribution in [1.82, 2.24) is 15.1 Å². The SMILES string of the molecule is CN1CCC2C(C1)NC(=O)N2C1Sc2ccc3c(c2N1C)OCC3. The average molecular weight is 346 g/mol. The summed E-state index contributed by atoms with van der Waals surface area (Å²) in [4.78, 5) is 20.5. The first-order chi connectivity index (χ1) is 11.6. The van der Waals surface area contributed by atoms with Crippen LogP contribution in [0.5, 0.6) is 5.75 Å². The van der Waals surface area contributed by atoms with Gasteiger partial charge in [-0.05, 0) is 31.6 Å². The maximum atomic E-state index is 12.7. The predicted molar refractivity (Wildman–Crippen MR) is 93.7 cm³/mol. The number of rotatable bonds is 1. The molecule has 128 valence electrons. The number of carbonyl (C=O) groups is 1. The number of ether oxygens (including phenoxy) is 1. The van der Waals surface area contributed by atoms with Crippen molar-refractivity contribution in [3.63, 3.8) is 0 Å². The van der Waals surface area contributed by atoms with Crippen molar-refractivity contribution in [1.29, 1.82) is 0 Å². The van der Waals surface area contributed by atoms with E-state index < -0.39 is 0 Å². The van der Waals surface area contributed by atoms with Crippen molar-refractivity contribution in [2.45, 2.75) is 35.3 Å². The summed E-state index contributed by atoms with van der Waals surface area (Å²) in [7, 11) is 4.21. The Morgan fingerprint density at radius 1 is 1.33 bits per heavy atom. The van der Waals surface area contributed by atoms with Gasteiger partial charge >= 0.3 is 6.03 Å². The Morgan fingerprint density at radius 2 is 2.21 bits per heavy atom. The Hall–Kier alpha value is -1.60. The van der Waals surface area contributed by atoms with Crippen LogP contribution in [-0.2, 0) is 6.42 Å². The van der Waals surface area contributed by atoms with E-state index in [0.717, 1.165) is 44.0 Å². The molecule has 0 saturated carbocycles. The van der Waals surface area contributed by atoms with E-state index in [9.17, 15) is 4.79 Å². The molecule has 1 N–H and O–H groups in total. The molecular formula is C17H22N4O2S. The molecule has 4 aliphatic heterocycles. The number of nitrogens with one attached hydrogen (secondary N) is 1. The number of thioether (sulfide) groups is 1. The van der Waals surface area contributed by atoms with Gasteiger partial charge in [-0.25, -0.2) is 4.79 Å². The first-order valence-corrected chi connectivity index (χ1v) is 9.47. The molecule has 2 saturated heterocycles. The molecule has 6 nitrogen and oxygen atoms in total. The van der Waals surface area contributed by atoms with Crippen molar-refractivity contribution >= 4 is 23.5 Å². The summed E-state index contributed by atoms with van der Waals surface area (Å²) in [5.74, 6) is 1.02. The number of urea groups is 1. The number of nitrogens with zero attached hydrogens (tertiary/aromatic N) is 3. The summed E-state index contributed by atoms with van der Waals surface area (Å²) in [6.07, 6.45) is 2.00. The first kappa shape index (κ1) is 14.7. The van der Waals surface area contributed by atoms with E-state index in [2.05, 4.69) is 46.2 Å². The van der Waals surface area contributed by atoms with E-state index in [4.69, 9.17) is 4.74 Å². The molecule has 1 aromatic carbocycles. The van der Waals surface area contributed by atoms with Gasteiger partial charge in [0.2, 0.25) is 0 Å². The normalized spacial score (nSPS) is 31.6. The maximum absolute atomic E-state index is 12.7. The lowest BCUT2D eigenvalue weighted by Crippen LogP contribution is -2.53. The van der Waals surface area contributed by atoms with Gasteiger partial charge in [-0.15, -0.1) is 0 Å². The van der Waals surface area contributed by atoms with Crippen molar-refractivity contribution < 1.29 is 9.53 Å². The topological polar surface area (TPSA) is 48.1 Å². The highest BCUT2D eigenvalue weighted by Crippen LogP contribution is 2.52. The van der Waals surface area contributed by atoms with Gasteiger partial charge in [0.05, 0.1) is 24.4 Å². The van der Waals surface area contributed by atoms with Crippen LogP contribution in [0.2, 0.25) is 0 Å². The number of fused-ring (bicyclic) bond motifs is 4. The van der Waals surface area contributed by atoms with Crippen LogP contribution < -0.4 is 15.0 Å². The zero-order valence-corrected chi connectivity index (χ0v) is 14.8. The molecule has 3 atom stereocenters. The highest BCUT2D eigenvalue weighted by atomic mass is 32.2. The minimum absolute atomic E-state index is 0.00843. The molecule has 5 rings (SSSR count). The fourth-order valence-electron chi connectivity index (χ4n) is 4.42. The Bertz CT molecular complexity index is 712. The first-order valence-electron chi connectivity index (χ1n) is 8.59. The molecule has 0 aromatic heterocycles. The molecule has 2 amide bonds. The lowest BCUT2D eigenvalue weighted by molar-refractivity contribution is 0.153. The second-order valence-electron chi connectivity index (χ2n) is 7.14. The monoisotopic (exact) mass is 346 g/mol. The van der Waals surface area contributed by atoms with Gasteiger partial charge in [0, 0.05) is 24.9 Å². The molecule has 0 bridgehead atoms. The van der Waals surface area contributed by atoms with E-state index >= 15 is 0 Å². The molecule has 0 aliphatic carbocycles. The Balaban J connectivity index is 1.47. The highest BCUT2D eigenvalue weighted by molar-refractivity contribution is 8.00. The summed E-state index contributed by atoms with van der Waals surface area (Å²) in [6, 6.07) is 4.93. The third kappa shape index (κ3) is 1.97. The second-order valence-corrected chi connectivity index (χ2v) is 8.23. The van der Waals surface area contributed by atoms with Crippen molar-refractivity contribution in [2.24, 2.45) is 0 Å².